The van der Waals surface area contributed by atoms with Crippen molar-refractivity contribution in [2.75, 3.05) is 19.5 Å². The second kappa shape index (κ2) is 7.80. The molecular formula is C21H22N2O3S. The Morgan fingerprint density at radius 1 is 1.00 bits per heavy atom. The van der Waals surface area contributed by atoms with Gasteiger partial charge in [0.15, 0.2) is 11.5 Å². The average molecular weight is 382 g/mol. The summed E-state index contributed by atoms with van der Waals surface area (Å²) in [5.74, 6) is 1.14. The molecule has 1 amide bonds. The highest BCUT2D eigenvalue weighted by Crippen LogP contribution is 2.35. The van der Waals surface area contributed by atoms with Crippen LogP contribution in [0.25, 0.3) is 10.6 Å². The highest BCUT2D eigenvalue weighted by Gasteiger charge is 2.18. The molecule has 2 aromatic carbocycles. The third-order valence-corrected chi connectivity index (χ3v) is 5.56. The number of thiazole rings is 1. The number of nitrogens with one attached hydrogen (secondary N) is 1. The van der Waals surface area contributed by atoms with Gasteiger partial charge >= 0.3 is 0 Å². The molecule has 0 aliphatic heterocycles. The third kappa shape index (κ3) is 3.80. The standard InChI is InChI=1S/C21H22N2O3S/c1-12-7-6-8-13(2)18(12)23-20(24)19-14(3)22-21(27-19)15-9-10-16(25-4)17(11-15)26-5/h6-11H,1-5H3,(H,23,24). The van der Waals surface area contributed by atoms with E-state index in [1.165, 1.54) is 11.3 Å². The molecule has 0 radical (unpaired) electrons. The van der Waals surface area contributed by atoms with Crippen LogP contribution in [0, 0.1) is 20.8 Å². The molecule has 0 unspecified atom stereocenters. The fourth-order valence-corrected chi connectivity index (χ4v) is 3.84. The molecule has 0 bridgehead atoms. The number of aryl methyl sites for hydroxylation is 3. The van der Waals surface area contributed by atoms with Gasteiger partial charge in [-0.1, -0.05) is 18.2 Å². The van der Waals surface area contributed by atoms with Crippen LogP contribution in [0.3, 0.4) is 0 Å². The number of nitrogens with zero attached hydrogens (tertiary/aromatic N) is 1. The smallest absolute Gasteiger partial charge is 0.267 e. The fraction of sp³-hybridized carbons (Fsp3) is 0.238. The Morgan fingerprint density at radius 3 is 2.30 bits per heavy atom. The Bertz CT molecular complexity index is 975. The zero-order chi connectivity index (χ0) is 19.6. The van der Waals surface area contributed by atoms with Gasteiger partial charge in [0.2, 0.25) is 0 Å². The van der Waals surface area contributed by atoms with Crippen LogP contribution >= 0.6 is 11.3 Å². The number of carbonyl (C=O) groups is 1. The SMILES string of the molecule is COc1ccc(-c2nc(C)c(C(=O)Nc3c(C)cccc3C)s2)cc1OC. The van der Waals surface area contributed by atoms with E-state index in [9.17, 15) is 4.79 Å². The van der Waals surface area contributed by atoms with Crippen molar-refractivity contribution in [1.82, 2.24) is 4.98 Å². The number of carbonyl (C=O) groups excluding carboxylic acids is 1. The van der Waals surface area contributed by atoms with Gasteiger partial charge in [0.05, 0.1) is 19.9 Å². The quantitative estimate of drug-likeness (QED) is 0.674. The highest BCUT2D eigenvalue weighted by atomic mass is 32.1. The summed E-state index contributed by atoms with van der Waals surface area (Å²) in [5.41, 5.74) is 4.50. The maximum atomic E-state index is 12.8. The highest BCUT2D eigenvalue weighted by molar-refractivity contribution is 7.17. The van der Waals surface area contributed by atoms with Gasteiger partial charge in [0, 0.05) is 11.3 Å². The van der Waals surface area contributed by atoms with Gasteiger partial charge in [-0.2, -0.15) is 0 Å². The molecule has 0 aliphatic rings. The second-order valence-electron chi connectivity index (χ2n) is 6.22. The predicted molar refractivity (Wildman–Crippen MR) is 109 cm³/mol. The number of hydrogen-bond donors (Lipinski definition) is 1. The molecule has 0 aliphatic carbocycles. The molecule has 140 valence electrons. The van der Waals surface area contributed by atoms with Crippen LogP contribution in [0.15, 0.2) is 36.4 Å². The molecule has 1 N–H and O–H groups in total. The molecule has 3 rings (SSSR count). The second-order valence-corrected chi connectivity index (χ2v) is 7.22. The lowest BCUT2D eigenvalue weighted by Crippen LogP contribution is -2.13. The van der Waals surface area contributed by atoms with Crippen molar-refractivity contribution >= 4 is 22.9 Å². The van der Waals surface area contributed by atoms with Gasteiger partial charge in [-0.3, -0.25) is 4.79 Å². The lowest BCUT2D eigenvalue weighted by atomic mass is 10.1. The van der Waals surface area contributed by atoms with Gasteiger partial charge in [-0.15, -0.1) is 11.3 Å². The molecular weight excluding hydrogens is 360 g/mol. The van der Waals surface area contributed by atoms with Crippen LogP contribution in [0.5, 0.6) is 11.5 Å². The van der Waals surface area contributed by atoms with E-state index in [-0.39, 0.29) is 5.91 Å². The number of anilines is 1. The van der Waals surface area contributed by atoms with E-state index < -0.39 is 0 Å². The summed E-state index contributed by atoms with van der Waals surface area (Å²) >= 11 is 1.36. The average Bonchev–Trinajstić information content (AvgIpc) is 3.06. The molecule has 0 spiro atoms. The molecule has 0 saturated heterocycles. The van der Waals surface area contributed by atoms with E-state index in [4.69, 9.17) is 9.47 Å². The Hall–Kier alpha value is -2.86. The molecule has 0 saturated carbocycles. The predicted octanol–water partition coefficient (Wildman–Crippen LogP) is 5.00. The molecule has 0 atom stereocenters. The Morgan fingerprint density at radius 2 is 1.67 bits per heavy atom. The zero-order valence-corrected chi connectivity index (χ0v) is 16.9. The van der Waals surface area contributed by atoms with Crippen molar-refractivity contribution in [3.63, 3.8) is 0 Å². The van der Waals surface area contributed by atoms with E-state index in [1.54, 1.807) is 14.2 Å². The molecule has 1 aromatic heterocycles. The fourth-order valence-electron chi connectivity index (χ4n) is 2.88. The number of ether oxygens (including phenoxy) is 2. The lowest BCUT2D eigenvalue weighted by Gasteiger charge is -2.10. The van der Waals surface area contributed by atoms with Crippen LogP contribution in [0.1, 0.15) is 26.5 Å². The van der Waals surface area contributed by atoms with Crippen molar-refractivity contribution in [1.29, 1.82) is 0 Å². The summed E-state index contributed by atoms with van der Waals surface area (Å²) in [6.45, 7) is 5.81. The van der Waals surface area contributed by atoms with Crippen LogP contribution in [-0.4, -0.2) is 25.1 Å². The van der Waals surface area contributed by atoms with Gasteiger partial charge in [-0.05, 0) is 50.1 Å². The van der Waals surface area contributed by atoms with Gasteiger partial charge in [0.1, 0.15) is 9.88 Å². The topological polar surface area (TPSA) is 60.5 Å². The monoisotopic (exact) mass is 382 g/mol. The maximum Gasteiger partial charge on any atom is 0.267 e. The molecule has 27 heavy (non-hydrogen) atoms. The van der Waals surface area contributed by atoms with Crippen molar-refractivity contribution in [3.05, 3.63) is 58.1 Å². The number of amides is 1. The summed E-state index contributed by atoms with van der Waals surface area (Å²) in [7, 11) is 3.19. The molecule has 0 fully saturated rings. The number of benzene rings is 2. The van der Waals surface area contributed by atoms with Crippen LogP contribution in [0.2, 0.25) is 0 Å². The molecule has 3 aromatic rings. The largest absolute Gasteiger partial charge is 0.493 e. The number of hydrogen-bond acceptors (Lipinski definition) is 5. The maximum absolute atomic E-state index is 12.8. The normalized spacial score (nSPS) is 10.6. The minimum atomic E-state index is -0.144. The molecule has 1 heterocycles. The number of methoxy groups -OCH3 is 2. The van der Waals surface area contributed by atoms with Gasteiger partial charge in [0.25, 0.3) is 5.91 Å². The van der Waals surface area contributed by atoms with Crippen molar-refractivity contribution in [3.8, 4) is 22.1 Å². The van der Waals surface area contributed by atoms with Crippen LogP contribution in [0.4, 0.5) is 5.69 Å². The number of para-hydroxylation sites is 1. The summed E-state index contributed by atoms with van der Waals surface area (Å²) in [4.78, 5) is 18.0. The summed E-state index contributed by atoms with van der Waals surface area (Å²) in [6, 6.07) is 11.6. The minimum Gasteiger partial charge on any atom is -0.493 e. The van der Waals surface area contributed by atoms with E-state index in [1.807, 2.05) is 57.2 Å². The molecule has 5 nitrogen and oxygen atoms in total. The van der Waals surface area contributed by atoms with Crippen molar-refractivity contribution in [2.45, 2.75) is 20.8 Å². The first-order valence-corrected chi connectivity index (χ1v) is 9.33. The van der Waals surface area contributed by atoms with Gasteiger partial charge < -0.3 is 14.8 Å². The van der Waals surface area contributed by atoms with E-state index in [0.29, 0.717) is 22.1 Å². The van der Waals surface area contributed by atoms with Crippen LogP contribution < -0.4 is 14.8 Å². The number of aromatic nitrogens is 1. The first-order valence-electron chi connectivity index (χ1n) is 8.52. The van der Waals surface area contributed by atoms with E-state index >= 15 is 0 Å². The zero-order valence-electron chi connectivity index (χ0n) is 16.0. The Kier molecular flexibility index (Phi) is 5.46. The first-order chi connectivity index (χ1) is 12.9. The summed E-state index contributed by atoms with van der Waals surface area (Å²) in [6.07, 6.45) is 0. The Balaban J connectivity index is 1.91. The lowest BCUT2D eigenvalue weighted by molar-refractivity contribution is 0.102. The third-order valence-electron chi connectivity index (χ3n) is 4.35. The summed E-state index contributed by atoms with van der Waals surface area (Å²) < 4.78 is 10.6. The minimum absolute atomic E-state index is 0.144. The molecule has 6 heteroatoms. The first kappa shape index (κ1) is 18.9. The Labute approximate surface area is 163 Å². The van der Waals surface area contributed by atoms with Gasteiger partial charge in [-0.25, -0.2) is 4.98 Å². The van der Waals surface area contributed by atoms with Crippen molar-refractivity contribution in [2.24, 2.45) is 0 Å². The van der Waals surface area contributed by atoms with Crippen LogP contribution in [-0.2, 0) is 0 Å². The summed E-state index contributed by atoms with van der Waals surface area (Å²) in [5, 5.41) is 3.79. The van der Waals surface area contributed by atoms with Crippen molar-refractivity contribution < 1.29 is 14.3 Å². The van der Waals surface area contributed by atoms with E-state index in [0.717, 1.165) is 27.4 Å². The van der Waals surface area contributed by atoms with E-state index in [2.05, 4.69) is 10.3 Å². The number of rotatable bonds is 5.